The minimum absolute atomic E-state index is 0.175. The molecule has 114 valence electrons. The smallest absolute Gasteiger partial charge is 0.241 e. The maximum atomic E-state index is 12.1. The van der Waals surface area contributed by atoms with Crippen LogP contribution in [0.5, 0.6) is 0 Å². The fourth-order valence-corrected chi connectivity index (χ4v) is 2.98. The van der Waals surface area contributed by atoms with Crippen molar-refractivity contribution in [2.24, 2.45) is 0 Å². The standard InChI is InChI=1S/C16H22ClN3O/c1-19-8-3-9-20(11-16(19)21)15-5-2-4-14(17)13(15)10-18-12-6-7-12/h2,4-5,12,18H,3,6-11H2,1H3. The molecule has 21 heavy (non-hydrogen) atoms. The van der Waals surface area contributed by atoms with Gasteiger partial charge >= 0.3 is 0 Å². The van der Waals surface area contributed by atoms with E-state index >= 15 is 0 Å². The Labute approximate surface area is 131 Å². The Kier molecular flexibility index (Phi) is 4.36. The largest absolute Gasteiger partial charge is 0.362 e. The summed E-state index contributed by atoms with van der Waals surface area (Å²) in [6, 6.07) is 6.62. The molecule has 1 amide bonds. The van der Waals surface area contributed by atoms with Crippen LogP contribution in [0.4, 0.5) is 5.69 Å². The lowest BCUT2D eigenvalue weighted by molar-refractivity contribution is -0.127. The quantitative estimate of drug-likeness (QED) is 0.927. The molecule has 1 aliphatic carbocycles. The highest BCUT2D eigenvalue weighted by Crippen LogP contribution is 2.29. The van der Waals surface area contributed by atoms with Crippen molar-refractivity contribution in [3.8, 4) is 0 Å². The number of rotatable bonds is 4. The van der Waals surface area contributed by atoms with E-state index in [-0.39, 0.29) is 5.91 Å². The van der Waals surface area contributed by atoms with Crippen molar-refractivity contribution in [2.45, 2.75) is 31.8 Å². The van der Waals surface area contributed by atoms with Gasteiger partial charge in [-0.15, -0.1) is 0 Å². The van der Waals surface area contributed by atoms with Crippen LogP contribution >= 0.6 is 11.6 Å². The zero-order valence-electron chi connectivity index (χ0n) is 12.4. The average Bonchev–Trinajstić information content (AvgIpc) is 3.28. The van der Waals surface area contributed by atoms with E-state index in [1.165, 1.54) is 12.8 Å². The van der Waals surface area contributed by atoms with Crippen LogP contribution in [0.3, 0.4) is 0 Å². The van der Waals surface area contributed by atoms with Crippen LogP contribution in [0, 0.1) is 0 Å². The van der Waals surface area contributed by atoms with Crippen molar-refractivity contribution in [3.05, 3.63) is 28.8 Å². The second-order valence-corrected chi connectivity index (χ2v) is 6.39. The summed E-state index contributed by atoms with van der Waals surface area (Å²) in [4.78, 5) is 16.1. The van der Waals surface area contributed by atoms with Crippen LogP contribution in [0.1, 0.15) is 24.8 Å². The lowest BCUT2D eigenvalue weighted by atomic mass is 10.1. The van der Waals surface area contributed by atoms with Gasteiger partial charge in [0.25, 0.3) is 0 Å². The molecule has 1 N–H and O–H groups in total. The van der Waals surface area contributed by atoms with Crippen molar-refractivity contribution in [1.82, 2.24) is 10.2 Å². The summed E-state index contributed by atoms with van der Waals surface area (Å²) in [5.74, 6) is 0.175. The number of anilines is 1. The number of carbonyl (C=O) groups excluding carboxylic acids is 1. The zero-order valence-corrected chi connectivity index (χ0v) is 13.2. The number of halogens is 1. The number of likely N-dealkylation sites (N-methyl/N-ethyl adjacent to an activating group) is 1. The Morgan fingerprint density at radius 2 is 2.14 bits per heavy atom. The molecule has 1 saturated heterocycles. The molecule has 2 fully saturated rings. The topological polar surface area (TPSA) is 35.6 Å². The Morgan fingerprint density at radius 1 is 1.33 bits per heavy atom. The maximum absolute atomic E-state index is 12.1. The third-order valence-electron chi connectivity index (χ3n) is 4.25. The van der Waals surface area contributed by atoms with Crippen molar-refractivity contribution in [2.75, 3.05) is 31.6 Å². The fraction of sp³-hybridized carbons (Fsp3) is 0.562. The normalized spacial score (nSPS) is 19.8. The van der Waals surface area contributed by atoms with Gasteiger partial charge in [0.15, 0.2) is 0 Å². The van der Waals surface area contributed by atoms with Gasteiger partial charge in [0.1, 0.15) is 0 Å². The summed E-state index contributed by atoms with van der Waals surface area (Å²) < 4.78 is 0. The summed E-state index contributed by atoms with van der Waals surface area (Å²) in [5, 5.41) is 4.31. The molecule has 0 aromatic heterocycles. The van der Waals surface area contributed by atoms with Crippen molar-refractivity contribution < 1.29 is 4.79 Å². The molecule has 5 heteroatoms. The van der Waals surface area contributed by atoms with Crippen molar-refractivity contribution in [1.29, 1.82) is 0 Å². The molecule has 2 aliphatic rings. The number of nitrogens with one attached hydrogen (secondary N) is 1. The van der Waals surface area contributed by atoms with Gasteiger partial charge in [0, 0.05) is 49.0 Å². The van der Waals surface area contributed by atoms with Gasteiger partial charge in [-0.2, -0.15) is 0 Å². The highest BCUT2D eigenvalue weighted by atomic mass is 35.5. The number of hydrogen-bond acceptors (Lipinski definition) is 3. The van der Waals surface area contributed by atoms with Gasteiger partial charge < -0.3 is 15.1 Å². The third-order valence-corrected chi connectivity index (χ3v) is 4.61. The van der Waals surface area contributed by atoms with Gasteiger partial charge in [0.2, 0.25) is 5.91 Å². The zero-order chi connectivity index (χ0) is 14.8. The van der Waals surface area contributed by atoms with Crippen LogP contribution in [0.15, 0.2) is 18.2 Å². The molecule has 4 nitrogen and oxygen atoms in total. The minimum Gasteiger partial charge on any atom is -0.362 e. The maximum Gasteiger partial charge on any atom is 0.241 e. The summed E-state index contributed by atoms with van der Waals surface area (Å²) in [7, 11) is 1.87. The fourth-order valence-electron chi connectivity index (χ4n) is 2.74. The van der Waals surface area contributed by atoms with E-state index in [9.17, 15) is 4.79 Å². The van der Waals surface area contributed by atoms with E-state index in [0.717, 1.165) is 42.3 Å². The molecule has 3 rings (SSSR count). The van der Waals surface area contributed by atoms with Crippen LogP contribution in [0.2, 0.25) is 5.02 Å². The monoisotopic (exact) mass is 307 g/mol. The van der Waals surface area contributed by atoms with E-state index in [2.05, 4.69) is 16.3 Å². The lowest BCUT2D eigenvalue weighted by Crippen LogP contribution is -2.35. The van der Waals surface area contributed by atoms with Gasteiger partial charge in [0.05, 0.1) is 6.54 Å². The summed E-state index contributed by atoms with van der Waals surface area (Å²) in [6.45, 7) is 2.94. The predicted octanol–water partition coefficient (Wildman–Crippen LogP) is 2.26. The Bertz CT molecular complexity index is 530. The SMILES string of the molecule is CN1CCCN(c2cccc(Cl)c2CNC2CC2)CC1=O. The molecule has 1 heterocycles. The van der Waals surface area contributed by atoms with Gasteiger partial charge in [-0.1, -0.05) is 17.7 Å². The summed E-state index contributed by atoms with van der Waals surface area (Å²) in [5.41, 5.74) is 2.21. The molecule has 0 unspecified atom stereocenters. The highest BCUT2D eigenvalue weighted by molar-refractivity contribution is 6.31. The molecule has 1 aliphatic heterocycles. The molecule has 0 spiro atoms. The highest BCUT2D eigenvalue weighted by Gasteiger charge is 2.24. The van der Waals surface area contributed by atoms with E-state index in [1.807, 2.05) is 24.1 Å². The first-order valence-electron chi connectivity index (χ1n) is 7.65. The third kappa shape index (κ3) is 3.50. The van der Waals surface area contributed by atoms with Gasteiger partial charge in [-0.25, -0.2) is 0 Å². The second kappa shape index (κ2) is 6.24. The van der Waals surface area contributed by atoms with Crippen LogP contribution in [0.25, 0.3) is 0 Å². The molecule has 0 atom stereocenters. The Balaban J connectivity index is 1.82. The van der Waals surface area contributed by atoms with Crippen LogP contribution in [-0.4, -0.2) is 43.5 Å². The van der Waals surface area contributed by atoms with Gasteiger partial charge in [-0.3, -0.25) is 4.79 Å². The lowest BCUT2D eigenvalue weighted by Gasteiger charge is -2.25. The summed E-state index contributed by atoms with van der Waals surface area (Å²) >= 11 is 6.40. The Morgan fingerprint density at radius 3 is 2.90 bits per heavy atom. The van der Waals surface area contributed by atoms with Crippen LogP contribution in [-0.2, 0) is 11.3 Å². The minimum atomic E-state index is 0.175. The predicted molar refractivity (Wildman–Crippen MR) is 85.8 cm³/mol. The number of nitrogens with zero attached hydrogens (tertiary/aromatic N) is 2. The molecular weight excluding hydrogens is 286 g/mol. The van der Waals surface area contributed by atoms with Gasteiger partial charge in [-0.05, 0) is 31.4 Å². The number of hydrogen-bond donors (Lipinski definition) is 1. The van der Waals surface area contributed by atoms with E-state index < -0.39 is 0 Å². The molecule has 0 bridgehead atoms. The summed E-state index contributed by atoms with van der Waals surface area (Å²) in [6.07, 6.45) is 3.50. The van der Waals surface area contributed by atoms with E-state index in [4.69, 9.17) is 11.6 Å². The number of carbonyl (C=O) groups is 1. The van der Waals surface area contributed by atoms with Crippen molar-refractivity contribution >= 4 is 23.2 Å². The average molecular weight is 308 g/mol. The van der Waals surface area contributed by atoms with Crippen LogP contribution < -0.4 is 10.2 Å². The molecule has 1 saturated carbocycles. The first-order valence-corrected chi connectivity index (χ1v) is 8.02. The molecule has 1 aromatic carbocycles. The Hall–Kier alpha value is -1.26. The van der Waals surface area contributed by atoms with E-state index in [0.29, 0.717) is 12.6 Å². The second-order valence-electron chi connectivity index (χ2n) is 5.98. The number of amides is 1. The molecule has 0 radical (unpaired) electrons. The molecule has 1 aromatic rings. The van der Waals surface area contributed by atoms with Crippen molar-refractivity contribution in [3.63, 3.8) is 0 Å². The number of benzene rings is 1. The molecular formula is C16H22ClN3O. The first kappa shape index (κ1) is 14.7. The van der Waals surface area contributed by atoms with E-state index in [1.54, 1.807) is 0 Å². The first-order chi connectivity index (χ1) is 10.1.